The van der Waals surface area contributed by atoms with Crippen LogP contribution in [0, 0.1) is 5.92 Å². The van der Waals surface area contributed by atoms with Crippen LogP contribution in [0.25, 0.3) is 10.2 Å². The molecule has 2 fully saturated rings. The predicted octanol–water partition coefficient (Wildman–Crippen LogP) is 3.19. The van der Waals surface area contributed by atoms with Crippen LogP contribution in [0.3, 0.4) is 0 Å². The van der Waals surface area contributed by atoms with Crippen LogP contribution in [-0.4, -0.2) is 56.0 Å². The van der Waals surface area contributed by atoms with E-state index in [0.717, 1.165) is 15.3 Å². The SMILES string of the molecule is O=C(OC1CN(c2nc3ccccc3s2)C1)C1CCN(S(=O)(=O)c2cccs2)CC1. The number of aromatic nitrogens is 1. The van der Waals surface area contributed by atoms with Crippen molar-refractivity contribution in [2.75, 3.05) is 31.1 Å². The van der Waals surface area contributed by atoms with Gasteiger partial charge in [0.2, 0.25) is 0 Å². The summed E-state index contributed by atoms with van der Waals surface area (Å²) in [6, 6.07) is 11.4. The molecule has 3 aromatic rings. The van der Waals surface area contributed by atoms with Crippen molar-refractivity contribution in [2.24, 2.45) is 5.92 Å². The quantitative estimate of drug-likeness (QED) is 0.541. The minimum Gasteiger partial charge on any atom is -0.458 e. The molecule has 0 radical (unpaired) electrons. The summed E-state index contributed by atoms with van der Waals surface area (Å²) in [4.78, 5) is 19.3. The Hall–Kier alpha value is -2.01. The fourth-order valence-electron chi connectivity index (χ4n) is 3.79. The molecule has 2 aliphatic heterocycles. The van der Waals surface area contributed by atoms with Crippen molar-refractivity contribution in [3.05, 3.63) is 41.8 Å². The van der Waals surface area contributed by atoms with Gasteiger partial charge in [0.05, 0.1) is 29.2 Å². The molecule has 7 nitrogen and oxygen atoms in total. The van der Waals surface area contributed by atoms with Crippen molar-refractivity contribution in [3.63, 3.8) is 0 Å². The number of carbonyl (C=O) groups excluding carboxylic acids is 1. The zero-order valence-corrected chi connectivity index (χ0v) is 18.6. The number of thiophene rings is 1. The Balaban J connectivity index is 1.11. The maximum atomic E-state index is 12.6. The molecule has 4 heterocycles. The Morgan fingerprint density at radius 1 is 1.10 bits per heavy atom. The van der Waals surface area contributed by atoms with Crippen LogP contribution in [0.15, 0.2) is 46.0 Å². The number of piperidine rings is 1. The minimum absolute atomic E-state index is 0.127. The molecule has 0 bridgehead atoms. The molecule has 30 heavy (non-hydrogen) atoms. The first kappa shape index (κ1) is 19.9. The minimum atomic E-state index is -3.45. The molecule has 1 aromatic carbocycles. The lowest BCUT2D eigenvalue weighted by Crippen LogP contribution is -2.54. The van der Waals surface area contributed by atoms with Gasteiger partial charge < -0.3 is 9.64 Å². The van der Waals surface area contributed by atoms with E-state index in [1.807, 2.05) is 18.2 Å². The van der Waals surface area contributed by atoms with Gasteiger partial charge in [0, 0.05) is 13.1 Å². The van der Waals surface area contributed by atoms with Crippen LogP contribution in [0.4, 0.5) is 5.13 Å². The van der Waals surface area contributed by atoms with Crippen molar-refractivity contribution in [2.45, 2.75) is 23.2 Å². The Morgan fingerprint density at radius 2 is 1.87 bits per heavy atom. The average Bonchev–Trinajstić information content (AvgIpc) is 3.40. The zero-order valence-electron chi connectivity index (χ0n) is 16.1. The third kappa shape index (κ3) is 3.73. The number of sulfonamides is 1. The molecule has 2 aliphatic rings. The number of benzene rings is 1. The molecule has 10 heteroatoms. The fourth-order valence-corrected chi connectivity index (χ4v) is 7.39. The van der Waals surface area contributed by atoms with Gasteiger partial charge in [-0.25, -0.2) is 13.4 Å². The van der Waals surface area contributed by atoms with E-state index < -0.39 is 10.0 Å². The van der Waals surface area contributed by atoms with E-state index in [1.54, 1.807) is 28.8 Å². The maximum absolute atomic E-state index is 12.6. The van der Waals surface area contributed by atoms with Crippen LogP contribution in [-0.2, 0) is 19.6 Å². The number of rotatable bonds is 5. The molecule has 2 aromatic heterocycles. The fraction of sp³-hybridized carbons (Fsp3) is 0.400. The smallest absolute Gasteiger partial charge is 0.309 e. The molecular weight excluding hydrogens is 442 g/mol. The van der Waals surface area contributed by atoms with Gasteiger partial charge in [-0.1, -0.05) is 29.5 Å². The second-order valence-electron chi connectivity index (χ2n) is 7.54. The van der Waals surface area contributed by atoms with Crippen LogP contribution in [0.5, 0.6) is 0 Å². The third-order valence-corrected chi connectivity index (χ3v) is 9.93. The molecule has 2 saturated heterocycles. The molecule has 5 rings (SSSR count). The van der Waals surface area contributed by atoms with E-state index in [2.05, 4.69) is 16.0 Å². The molecule has 0 atom stereocenters. The lowest BCUT2D eigenvalue weighted by molar-refractivity contribution is -0.156. The average molecular weight is 464 g/mol. The Bertz CT molecular complexity index is 1110. The molecule has 0 unspecified atom stereocenters. The number of hydrogen-bond donors (Lipinski definition) is 0. The van der Waals surface area contributed by atoms with Gasteiger partial charge in [-0.15, -0.1) is 11.3 Å². The summed E-state index contributed by atoms with van der Waals surface area (Å²) < 4.78 is 33.9. The lowest BCUT2D eigenvalue weighted by Gasteiger charge is -2.39. The topological polar surface area (TPSA) is 79.8 Å². The summed E-state index contributed by atoms with van der Waals surface area (Å²) in [5.41, 5.74) is 0.988. The first-order valence-corrected chi connectivity index (χ1v) is 13.0. The number of thiazole rings is 1. The van der Waals surface area contributed by atoms with Gasteiger partial charge >= 0.3 is 5.97 Å². The second-order valence-corrected chi connectivity index (χ2v) is 11.7. The summed E-state index contributed by atoms with van der Waals surface area (Å²) in [5, 5.41) is 2.71. The first-order chi connectivity index (χ1) is 14.5. The Morgan fingerprint density at radius 3 is 2.57 bits per heavy atom. The Kier molecular flexibility index (Phi) is 5.26. The van der Waals surface area contributed by atoms with Gasteiger partial charge in [0.25, 0.3) is 10.0 Å². The highest BCUT2D eigenvalue weighted by Crippen LogP contribution is 2.32. The summed E-state index contributed by atoms with van der Waals surface area (Å²) >= 11 is 2.86. The molecular formula is C20H21N3O4S3. The van der Waals surface area contributed by atoms with Crippen molar-refractivity contribution < 1.29 is 17.9 Å². The molecule has 0 amide bonds. The predicted molar refractivity (Wildman–Crippen MR) is 118 cm³/mol. The largest absolute Gasteiger partial charge is 0.458 e. The molecule has 158 valence electrons. The van der Waals surface area contributed by atoms with Gasteiger partial charge in [-0.05, 0) is 36.4 Å². The first-order valence-electron chi connectivity index (χ1n) is 9.85. The highest BCUT2D eigenvalue weighted by molar-refractivity contribution is 7.91. The molecule has 0 N–H and O–H groups in total. The van der Waals surface area contributed by atoms with Crippen LogP contribution < -0.4 is 4.90 Å². The van der Waals surface area contributed by atoms with E-state index in [4.69, 9.17) is 4.74 Å². The van der Waals surface area contributed by atoms with Crippen LogP contribution >= 0.6 is 22.7 Å². The number of anilines is 1. The van der Waals surface area contributed by atoms with E-state index in [-0.39, 0.29) is 18.0 Å². The number of fused-ring (bicyclic) bond motifs is 1. The number of hydrogen-bond acceptors (Lipinski definition) is 8. The van der Waals surface area contributed by atoms with Crippen molar-refractivity contribution in [1.82, 2.24) is 9.29 Å². The molecule has 0 aliphatic carbocycles. The zero-order chi connectivity index (χ0) is 20.7. The summed E-state index contributed by atoms with van der Waals surface area (Å²) in [5.74, 6) is -0.451. The normalized spacial score (nSPS) is 19.1. The third-order valence-electron chi connectivity index (χ3n) is 5.56. The summed E-state index contributed by atoms with van der Waals surface area (Å²) in [7, 11) is -3.45. The molecule has 0 spiro atoms. The van der Waals surface area contributed by atoms with Crippen LogP contribution in [0.1, 0.15) is 12.8 Å². The van der Waals surface area contributed by atoms with Gasteiger partial charge in [-0.2, -0.15) is 4.31 Å². The van der Waals surface area contributed by atoms with Crippen molar-refractivity contribution in [1.29, 1.82) is 0 Å². The number of nitrogens with zero attached hydrogens (tertiary/aromatic N) is 3. The van der Waals surface area contributed by atoms with E-state index in [9.17, 15) is 13.2 Å². The van der Waals surface area contributed by atoms with Gasteiger partial charge in [0.15, 0.2) is 5.13 Å². The highest BCUT2D eigenvalue weighted by atomic mass is 32.2. The standard InChI is InChI=1S/C20H21N3O4S3/c24-19(14-7-9-23(10-8-14)30(25,26)18-6-3-11-28-18)27-15-12-22(13-15)20-21-16-4-1-2-5-17(16)29-20/h1-6,11,14-15H,7-10,12-13H2. The summed E-state index contributed by atoms with van der Waals surface area (Å²) in [6.45, 7) is 2.00. The number of para-hydroxylation sites is 1. The molecule has 0 saturated carbocycles. The van der Waals surface area contributed by atoms with Crippen LogP contribution in [0.2, 0.25) is 0 Å². The lowest BCUT2D eigenvalue weighted by atomic mass is 9.98. The van der Waals surface area contributed by atoms with Gasteiger partial charge in [0.1, 0.15) is 10.3 Å². The summed E-state index contributed by atoms with van der Waals surface area (Å²) in [6.07, 6.45) is 0.868. The Labute approximate surface area is 182 Å². The van der Waals surface area contributed by atoms with E-state index >= 15 is 0 Å². The van der Waals surface area contributed by atoms with Crippen molar-refractivity contribution >= 4 is 54.0 Å². The maximum Gasteiger partial charge on any atom is 0.309 e. The number of carbonyl (C=O) groups is 1. The van der Waals surface area contributed by atoms with Gasteiger partial charge in [-0.3, -0.25) is 4.79 Å². The second kappa shape index (κ2) is 7.92. The van der Waals surface area contributed by atoms with Crippen molar-refractivity contribution in [3.8, 4) is 0 Å². The monoisotopic (exact) mass is 463 g/mol. The number of ether oxygens (including phenoxy) is 1. The highest BCUT2D eigenvalue weighted by Gasteiger charge is 2.37. The van der Waals surface area contributed by atoms with E-state index in [1.165, 1.54) is 15.6 Å². The number of esters is 1. The van der Waals surface area contributed by atoms with E-state index in [0.29, 0.717) is 43.2 Å².